The van der Waals surface area contributed by atoms with Gasteiger partial charge in [0.2, 0.25) is 17.8 Å². The Labute approximate surface area is 149 Å². The van der Waals surface area contributed by atoms with Crippen LogP contribution in [0, 0.1) is 0 Å². The molecule has 0 saturated heterocycles. The van der Waals surface area contributed by atoms with Crippen LogP contribution in [0.2, 0.25) is 5.02 Å². The number of H-pyrrole nitrogens is 1. The first-order valence-electron chi connectivity index (χ1n) is 7.79. The van der Waals surface area contributed by atoms with Gasteiger partial charge in [0.05, 0.1) is 23.5 Å². The van der Waals surface area contributed by atoms with Gasteiger partial charge in [0.25, 0.3) is 0 Å². The normalized spacial score (nSPS) is 11.9. The molecule has 25 heavy (non-hydrogen) atoms. The third-order valence-corrected chi connectivity index (χ3v) is 4.04. The van der Waals surface area contributed by atoms with Crippen LogP contribution in [0.3, 0.4) is 0 Å². The van der Waals surface area contributed by atoms with E-state index in [9.17, 15) is 9.59 Å². The summed E-state index contributed by atoms with van der Waals surface area (Å²) in [6.45, 7) is 1.40. The minimum Gasteiger partial charge on any atom is -0.349 e. The number of para-hydroxylation sites is 2. The molecule has 0 aliphatic heterocycles. The number of nitrogens with zero attached hydrogens (tertiary/aromatic N) is 1. The van der Waals surface area contributed by atoms with Crippen LogP contribution >= 0.6 is 11.6 Å². The molecule has 0 aliphatic rings. The average molecular weight is 357 g/mol. The Morgan fingerprint density at radius 3 is 2.60 bits per heavy atom. The molecule has 7 heteroatoms. The third kappa shape index (κ3) is 4.16. The number of hydrogen-bond acceptors (Lipinski definition) is 3. The van der Waals surface area contributed by atoms with Crippen molar-refractivity contribution in [1.82, 2.24) is 15.3 Å². The van der Waals surface area contributed by atoms with Crippen molar-refractivity contribution in [1.29, 1.82) is 0 Å². The van der Waals surface area contributed by atoms with Crippen molar-refractivity contribution in [2.45, 2.75) is 19.4 Å². The Morgan fingerprint density at radius 1 is 1.16 bits per heavy atom. The first-order chi connectivity index (χ1) is 12.0. The number of anilines is 1. The summed E-state index contributed by atoms with van der Waals surface area (Å²) in [5.41, 5.74) is 2.30. The number of nitrogens with one attached hydrogen (secondary N) is 3. The van der Waals surface area contributed by atoms with Crippen LogP contribution in [-0.2, 0) is 9.59 Å². The summed E-state index contributed by atoms with van der Waals surface area (Å²) in [4.78, 5) is 31.2. The van der Waals surface area contributed by atoms with Gasteiger partial charge in [-0.25, -0.2) is 4.98 Å². The molecule has 2 amide bonds. The summed E-state index contributed by atoms with van der Waals surface area (Å²) in [5, 5.41) is 5.99. The molecule has 128 valence electrons. The number of aromatic amines is 1. The van der Waals surface area contributed by atoms with Crippen molar-refractivity contribution < 1.29 is 9.59 Å². The van der Waals surface area contributed by atoms with E-state index in [2.05, 4.69) is 20.6 Å². The van der Waals surface area contributed by atoms with Gasteiger partial charge in [0.15, 0.2) is 0 Å². The highest BCUT2D eigenvalue weighted by atomic mass is 35.5. The van der Waals surface area contributed by atoms with Crippen LogP contribution in [0.1, 0.15) is 24.9 Å². The highest BCUT2D eigenvalue weighted by molar-refractivity contribution is 6.31. The lowest BCUT2D eigenvalue weighted by Gasteiger charge is -2.18. The van der Waals surface area contributed by atoms with Crippen molar-refractivity contribution in [2.75, 3.05) is 5.32 Å². The van der Waals surface area contributed by atoms with Gasteiger partial charge in [0.1, 0.15) is 0 Å². The molecule has 0 spiro atoms. The van der Waals surface area contributed by atoms with Gasteiger partial charge in [-0.3, -0.25) is 14.9 Å². The van der Waals surface area contributed by atoms with Gasteiger partial charge < -0.3 is 10.3 Å². The van der Waals surface area contributed by atoms with E-state index in [1.165, 1.54) is 6.92 Å². The molecule has 6 nitrogen and oxygen atoms in total. The zero-order valence-corrected chi connectivity index (χ0v) is 14.3. The molecule has 1 atom stereocenters. The molecule has 1 unspecified atom stereocenters. The number of rotatable bonds is 5. The van der Waals surface area contributed by atoms with Crippen LogP contribution < -0.4 is 10.6 Å². The van der Waals surface area contributed by atoms with Gasteiger partial charge in [-0.2, -0.15) is 0 Å². The summed E-state index contributed by atoms with van der Waals surface area (Å²) in [6.07, 6.45) is 0.0420. The number of hydrogen-bond donors (Lipinski definition) is 3. The number of benzene rings is 2. The van der Waals surface area contributed by atoms with Crippen molar-refractivity contribution in [3.63, 3.8) is 0 Å². The van der Waals surface area contributed by atoms with Crippen LogP contribution in [0.15, 0.2) is 48.5 Å². The minimum absolute atomic E-state index is 0.0420. The van der Waals surface area contributed by atoms with Crippen molar-refractivity contribution in [3.05, 3.63) is 59.1 Å². The molecule has 0 saturated carbocycles. The predicted octanol–water partition coefficient (Wildman–Crippen LogP) is 3.42. The Morgan fingerprint density at radius 2 is 1.88 bits per heavy atom. The summed E-state index contributed by atoms with van der Waals surface area (Å²) >= 11 is 6.20. The Kier molecular flexibility index (Phi) is 5.00. The second kappa shape index (κ2) is 7.36. The van der Waals surface area contributed by atoms with Crippen LogP contribution in [-0.4, -0.2) is 21.8 Å². The number of carbonyl (C=O) groups excluding carboxylic acids is 2. The number of fused-ring (bicyclic) bond motifs is 1. The number of aromatic nitrogens is 2. The quantitative estimate of drug-likeness (QED) is 0.654. The maximum Gasteiger partial charge on any atom is 0.229 e. The fraction of sp³-hybridized carbons (Fsp3) is 0.167. The fourth-order valence-electron chi connectivity index (χ4n) is 2.62. The highest BCUT2D eigenvalue weighted by Crippen LogP contribution is 2.25. The lowest BCUT2D eigenvalue weighted by atomic mass is 10.0. The zero-order chi connectivity index (χ0) is 17.8. The SMILES string of the molecule is CC(=O)NC(CC(=O)Nc1nc2ccccc2[nH]1)c1ccccc1Cl. The van der Waals surface area contributed by atoms with Crippen molar-refractivity contribution in [3.8, 4) is 0 Å². The first-order valence-corrected chi connectivity index (χ1v) is 8.17. The van der Waals surface area contributed by atoms with Gasteiger partial charge in [0, 0.05) is 11.9 Å². The largest absolute Gasteiger partial charge is 0.349 e. The van der Waals surface area contributed by atoms with Gasteiger partial charge in [-0.1, -0.05) is 41.9 Å². The zero-order valence-electron chi connectivity index (χ0n) is 13.5. The molecule has 0 bridgehead atoms. The van der Waals surface area contributed by atoms with Crippen LogP contribution in [0.5, 0.6) is 0 Å². The number of halogens is 1. The number of amides is 2. The topological polar surface area (TPSA) is 86.9 Å². The third-order valence-electron chi connectivity index (χ3n) is 3.69. The molecular formula is C18H17ClN4O2. The van der Waals surface area contributed by atoms with E-state index >= 15 is 0 Å². The van der Waals surface area contributed by atoms with Crippen LogP contribution in [0.25, 0.3) is 11.0 Å². The molecular weight excluding hydrogens is 340 g/mol. The Hall–Kier alpha value is -2.86. The van der Waals surface area contributed by atoms with E-state index in [1.807, 2.05) is 30.3 Å². The Bertz CT molecular complexity index is 889. The standard InChI is InChI=1S/C18H17ClN4O2/c1-11(24)20-16(12-6-2-3-7-13(12)19)10-17(25)23-18-21-14-8-4-5-9-15(14)22-18/h2-9,16H,10H2,1H3,(H,20,24)(H2,21,22,23,25). The van der Waals surface area contributed by atoms with Crippen LogP contribution in [0.4, 0.5) is 5.95 Å². The molecule has 3 aromatic rings. The van der Waals surface area contributed by atoms with E-state index in [0.717, 1.165) is 11.0 Å². The van der Waals surface area contributed by atoms with E-state index in [-0.39, 0.29) is 18.2 Å². The molecule has 0 fully saturated rings. The molecule has 3 rings (SSSR count). The maximum absolute atomic E-state index is 12.4. The minimum atomic E-state index is -0.518. The maximum atomic E-state index is 12.4. The average Bonchev–Trinajstić information content (AvgIpc) is 2.96. The summed E-state index contributed by atoms with van der Waals surface area (Å²) < 4.78 is 0. The Balaban J connectivity index is 1.75. The van der Waals surface area contributed by atoms with E-state index < -0.39 is 6.04 Å². The van der Waals surface area contributed by atoms with E-state index in [4.69, 9.17) is 11.6 Å². The molecule has 1 aromatic heterocycles. The van der Waals surface area contributed by atoms with Gasteiger partial charge >= 0.3 is 0 Å². The molecule has 0 radical (unpaired) electrons. The van der Waals surface area contributed by atoms with E-state index in [0.29, 0.717) is 16.5 Å². The molecule has 2 aromatic carbocycles. The summed E-state index contributed by atoms with van der Waals surface area (Å²) in [7, 11) is 0. The second-order valence-electron chi connectivity index (χ2n) is 5.63. The lowest BCUT2D eigenvalue weighted by molar-refractivity contribution is -0.120. The summed E-state index contributed by atoms with van der Waals surface area (Å²) in [6, 6.07) is 14.1. The smallest absolute Gasteiger partial charge is 0.229 e. The molecule has 3 N–H and O–H groups in total. The van der Waals surface area contributed by atoms with Gasteiger partial charge in [-0.05, 0) is 23.8 Å². The molecule has 0 aliphatic carbocycles. The summed E-state index contributed by atoms with van der Waals surface area (Å²) in [5.74, 6) is -0.147. The van der Waals surface area contributed by atoms with E-state index in [1.54, 1.807) is 18.2 Å². The molecule has 1 heterocycles. The predicted molar refractivity (Wildman–Crippen MR) is 97.4 cm³/mol. The highest BCUT2D eigenvalue weighted by Gasteiger charge is 2.20. The van der Waals surface area contributed by atoms with Gasteiger partial charge in [-0.15, -0.1) is 0 Å². The fourth-order valence-corrected chi connectivity index (χ4v) is 2.89. The number of imidazole rings is 1. The second-order valence-corrected chi connectivity index (χ2v) is 6.04. The first kappa shape index (κ1) is 17.0. The lowest BCUT2D eigenvalue weighted by Crippen LogP contribution is -2.30. The monoisotopic (exact) mass is 356 g/mol. The number of carbonyl (C=O) groups is 2. The van der Waals surface area contributed by atoms with Crippen molar-refractivity contribution in [2.24, 2.45) is 0 Å². The van der Waals surface area contributed by atoms with Crippen molar-refractivity contribution >= 4 is 40.4 Å².